The summed E-state index contributed by atoms with van der Waals surface area (Å²) in [6, 6.07) is 9.77. The molecular formula is C20H19ClFNO3. The molecule has 0 heterocycles. The predicted molar refractivity (Wildman–Crippen MR) is 98.9 cm³/mol. The zero-order chi connectivity index (χ0) is 18.9. The predicted octanol–water partition coefficient (Wildman–Crippen LogP) is 3.75. The molecule has 6 heteroatoms. The van der Waals surface area contributed by atoms with Crippen molar-refractivity contribution in [2.45, 2.75) is 19.4 Å². The van der Waals surface area contributed by atoms with Crippen molar-refractivity contribution in [1.29, 1.82) is 0 Å². The zero-order valence-corrected chi connectivity index (χ0v) is 15.1. The third-order valence-electron chi connectivity index (χ3n) is 3.67. The van der Waals surface area contributed by atoms with Gasteiger partial charge in [0.15, 0.2) is 11.5 Å². The molecular weight excluding hydrogens is 357 g/mol. The molecule has 0 aromatic heterocycles. The number of ether oxygens (including phenoxy) is 2. The number of carbonyl (C=O) groups is 1. The largest absolute Gasteiger partial charge is 0.493 e. The van der Waals surface area contributed by atoms with Crippen molar-refractivity contribution in [3.63, 3.8) is 0 Å². The molecule has 1 amide bonds. The summed E-state index contributed by atoms with van der Waals surface area (Å²) in [6.07, 6.45) is 5.96. The first-order chi connectivity index (χ1) is 12.5. The van der Waals surface area contributed by atoms with Crippen LogP contribution in [-0.2, 0) is 17.8 Å². The standard InChI is InChI=1S/C20H19ClFNO3/c1-3-10-26-18-8-4-14(11-19(18)25-2)5-9-20(24)23-13-15-6-7-16(21)12-17(15)22/h1,4,6-8,11-12H,5,9-10,13H2,2H3,(H,23,24). The van der Waals surface area contributed by atoms with Gasteiger partial charge in [0.2, 0.25) is 5.91 Å². The summed E-state index contributed by atoms with van der Waals surface area (Å²) in [7, 11) is 1.54. The Morgan fingerprint density at radius 2 is 2.08 bits per heavy atom. The number of hydrogen-bond acceptors (Lipinski definition) is 3. The summed E-state index contributed by atoms with van der Waals surface area (Å²) in [5.41, 5.74) is 1.31. The summed E-state index contributed by atoms with van der Waals surface area (Å²) >= 11 is 5.70. The second kappa shape index (κ2) is 9.69. The maximum atomic E-state index is 13.7. The van der Waals surface area contributed by atoms with Crippen LogP contribution in [-0.4, -0.2) is 19.6 Å². The number of nitrogens with one attached hydrogen (secondary N) is 1. The van der Waals surface area contributed by atoms with E-state index in [0.717, 1.165) is 5.56 Å². The SMILES string of the molecule is C#CCOc1ccc(CCC(=O)NCc2ccc(Cl)cc2F)cc1OC. The molecule has 0 aliphatic heterocycles. The van der Waals surface area contributed by atoms with Crippen molar-refractivity contribution in [1.82, 2.24) is 5.32 Å². The van der Waals surface area contributed by atoms with Crippen LogP contribution < -0.4 is 14.8 Å². The van der Waals surface area contributed by atoms with Crippen molar-refractivity contribution >= 4 is 17.5 Å². The van der Waals surface area contributed by atoms with Gasteiger partial charge in [-0.3, -0.25) is 4.79 Å². The van der Waals surface area contributed by atoms with E-state index in [2.05, 4.69) is 11.2 Å². The van der Waals surface area contributed by atoms with Gasteiger partial charge in [0, 0.05) is 23.6 Å². The second-order valence-corrected chi connectivity index (χ2v) is 5.93. The Balaban J connectivity index is 1.87. The zero-order valence-electron chi connectivity index (χ0n) is 14.4. The molecule has 0 atom stereocenters. The number of terminal acetylenes is 1. The van der Waals surface area contributed by atoms with Crippen molar-refractivity contribution in [2.24, 2.45) is 0 Å². The Morgan fingerprint density at radius 1 is 1.27 bits per heavy atom. The van der Waals surface area contributed by atoms with Crippen LogP contribution in [0.25, 0.3) is 0 Å². The molecule has 2 aromatic rings. The molecule has 0 spiro atoms. The summed E-state index contributed by atoms with van der Waals surface area (Å²) < 4.78 is 24.3. The quantitative estimate of drug-likeness (QED) is 0.715. The number of hydrogen-bond donors (Lipinski definition) is 1. The molecule has 0 bridgehead atoms. The minimum Gasteiger partial charge on any atom is -0.493 e. The highest BCUT2D eigenvalue weighted by atomic mass is 35.5. The van der Waals surface area contributed by atoms with Crippen LogP contribution in [0.1, 0.15) is 17.5 Å². The van der Waals surface area contributed by atoms with E-state index < -0.39 is 5.82 Å². The van der Waals surface area contributed by atoms with Crippen LogP contribution in [0.3, 0.4) is 0 Å². The lowest BCUT2D eigenvalue weighted by Crippen LogP contribution is -2.23. The Bertz CT molecular complexity index is 817. The second-order valence-electron chi connectivity index (χ2n) is 5.49. The Hall–Kier alpha value is -2.71. The van der Waals surface area contributed by atoms with E-state index in [-0.39, 0.29) is 25.5 Å². The highest BCUT2D eigenvalue weighted by Crippen LogP contribution is 2.28. The lowest BCUT2D eigenvalue weighted by atomic mass is 10.1. The highest BCUT2D eigenvalue weighted by Gasteiger charge is 2.09. The number of halogens is 2. The van der Waals surface area contributed by atoms with Crippen LogP contribution in [0.2, 0.25) is 5.02 Å². The number of aryl methyl sites for hydroxylation is 1. The summed E-state index contributed by atoms with van der Waals surface area (Å²) in [6.45, 7) is 0.267. The third kappa shape index (κ3) is 5.68. The van der Waals surface area contributed by atoms with Gasteiger partial charge in [0.05, 0.1) is 7.11 Å². The minimum atomic E-state index is -0.440. The molecule has 2 aromatic carbocycles. The molecule has 0 saturated carbocycles. The molecule has 4 nitrogen and oxygen atoms in total. The fourth-order valence-corrected chi connectivity index (χ4v) is 2.47. The van der Waals surface area contributed by atoms with E-state index in [1.54, 1.807) is 24.3 Å². The van der Waals surface area contributed by atoms with Crippen molar-refractivity contribution in [3.05, 3.63) is 58.4 Å². The average molecular weight is 376 g/mol. The third-order valence-corrected chi connectivity index (χ3v) is 3.91. The Labute approximate surface area is 157 Å². The van der Waals surface area contributed by atoms with Gasteiger partial charge in [-0.2, -0.15) is 0 Å². The molecule has 2 rings (SSSR count). The normalized spacial score (nSPS) is 10.1. The molecule has 0 fully saturated rings. The maximum absolute atomic E-state index is 13.7. The molecule has 26 heavy (non-hydrogen) atoms. The van der Waals surface area contributed by atoms with Gasteiger partial charge in [0.1, 0.15) is 12.4 Å². The monoisotopic (exact) mass is 375 g/mol. The van der Waals surface area contributed by atoms with Gasteiger partial charge >= 0.3 is 0 Å². The van der Waals surface area contributed by atoms with Crippen LogP contribution >= 0.6 is 11.6 Å². The highest BCUT2D eigenvalue weighted by molar-refractivity contribution is 6.30. The van der Waals surface area contributed by atoms with Crippen molar-refractivity contribution in [2.75, 3.05) is 13.7 Å². The smallest absolute Gasteiger partial charge is 0.220 e. The lowest BCUT2D eigenvalue weighted by molar-refractivity contribution is -0.121. The molecule has 0 aliphatic rings. The Kier molecular flexibility index (Phi) is 7.31. The molecule has 0 saturated heterocycles. The molecule has 1 N–H and O–H groups in total. The summed E-state index contributed by atoms with van der Waals surface area (Å²) in [5, 5.41) is 3.02. The van der Waals surface area contributed by atoms with E-state index >= 15 is 0 Å². The van der Waals surface area contributed by atoms with Crippen LogP contribution in [0.5, 0.6) is 11.5 Å². The molecule has 0 aliphatic carbocycles. The van der Waals surface area contributed by atoms with E-state index in [1.165, 1.54) is 13.2 Å². The van der Waals surface area contributed by atoms with Gasteiger partial charge in [0.25, 0.3) is 0 Å². The van der Waals surface area contributed by atoms with Gasteiger partial charge in [-0.05, 0) is 36.2 Å². The maximum Gasteiger partial charge on any atom is 0.220 e. The van der Waals surface area contributed by atoms with E-state index in [0.29, 0.717) is 28.5 Å². The van der Waals surface area contributed by atoms with Gasteiger partial charge in [-0.25, -0.2) is 4.39 Å². The van der Waals surface area contributed by atoms with Crippen molar-refractivity contribution < 1.29 is 18.7 Å². The van der Waals surface area contributed by atoms with Gasteiger partial charge in [-0.1, -0.05) is 29.7 Å². The first-order valence-electron chi connectivity index (χ1n) is 7.97. The van der Waals surface area contributed by atoms with Crippen molar-refractivity contribution in [3.8, 4) is 23.8 Å². The Morgan fingerprint density at radius 3 is 2.77 bits per heavy atom. The first-order valence-corrected chi connectivity index (χ1v) is 8.35. The number of benzene rings is 2. The molecule has 0 radical (unpaired) electrons. The van der Waals surface area contributed by atoms with Crippen LogP contribution in [0.15, 0.2) is 36.4 Å². The van der Waals surface area contributed by atoms with E-state index in [1.807, 2.05) is 6.07 Å². The summed E-state index contributed by atoms with van der Waals surface area (Å²) in [5.74, 6) is 2.89. The first kappa shape index (κ1) is 19.6. The summed E-state index contributed by atoms with van der Waals surface area (Å²) in [4.78, 5) is 12.0. The topological polar surface area (TPSA) is 47.6 Å². The van der Waals surface area contributed by atoms with Gasteiger partial charge < -0.3 is 14.8 Å². The van der Waals surface area contributed by atoms with E-state index in [4.69, 9.17) is 27.5 Å². The van der Waals surface area contributed by atoms with Gasteiger partial charge in [-0.15, -0.1) is 6.42 Å². The fourth-order valence-electron chi connectivity index (χ4n) is 2.31. The molecule has 0 unspecified atom stereocenters. The molecule has 136 valence electrons. The van der Waals surface area contributed by atoms with Crippen LogP contribution in [0.4, 0.5) is 4.39 Å². The number of amides is 1. The lowest BCUT2D eigenvalue weighted by Gasteiger charge is -2.11. The minimum absolute atomic E-state index is 0.115. The van der Waals surface area contributed by atoms with Crippen LogP contribution in [0, 0.1) is 18.2 Å². The average Bonchev–Trinajstić information content (AvgIpc) is 2.64. The number of methoxy groups -OCH3 is 1. The number of rotatable bonds is 8. The fraction of sp³-hybridized carbons (Fsp3) is 0.250. The number of carbonyl (C=O) groups excluding carboxylic acids is 1. The van der Waals surface area contributed by atoms with E-state index in [9.17, 15) is 9.18 Å².